The monoisotopic (exact) mass is 290 g/mol. The van der Waals surface area contributed by atoms with E-state index in [-0.39, 0.29) is 24.4 Å². The second-order valence-electron chi connectivity index (χ2n) is 5.19. The Hall–Kier alpha value is -2.44. The van der Waals surface area contributed by atoms with Gasteiger partial charge >= 0.3 is 0 Å². The molecule has 0 saturated heterocycles. The lowest BCUT2D eigenvalue weighted by atomic mass is 10.1. The lowest BCUT2D eigenvalue weighted by molar-refractivity contribution is -0.121. The van der Waals surface area contributed by atoms with Gasteiger partial charge in [0.1, 0.15) is 6.54 Å². The number of nitrogens with one attached hydrogen (secondary N) is 1. The van der Waals surface area contributed by atoms with E-state index < -0.39 is 0 Å². The molecule has 0 radical (unpaired) electrons. The van der Waals surface area contributed by atoms with E-state index in [1.165, 1.54) is 12.1 Å². The molecule has 1 amide bonds. The molecule has 21 heavy (non-hydrogen) atoms. The van der Waals surface area contributed by atoms with Crippen LogP contribution in [0.3, 0.4) is 0 Å². The van der Waals surface area contributed by atoms with Crippen LogP contribution in [0.1, 0.15) is 25.6 Å². The van der Waals surface area contributed by atoms with Gasteiger partial charge in [0, 0.05) is 30.9 Å². The van der Waals surface area contributed by atoms with Crippen molar-refractivity contribution in [2.24, 2.45) is 5.92 Å². The Balaban J connectivity index is 1.82. The Morgan fingerprint density at radius 1 is 1.38 bits per heavy atom. The number of hydrogen-bond donors (Lipinski definition) is 1. The van der Waals surface area contributed by atoms with Crippen molar-refractivity contribution in [1.82, 2.24) is 20.0 Å². The molecule has 0 atom stereocenters. The number of carbonyl (C=O) groups is 1. The van der Waals surface area contributed by atoms with Crippen LogP contribution in [0, 0.1) is 5.92 Å². The molecule has 2 aromatic heterocycles. The van der Waals surface area contributed by atoms with Crippen LogP contribution in [0.15, 0.2) is 33.8 Å². The maximum Gasteiger partial charge on any atom is 0.246 e. The minimum atomic E-state index is -0.192. The molecule has 0 aliphatic carbocycles. The van der Waals surface area contributed by atoms with Gasteiger partial charge in [-0.15, -0.1) is 0 Å². The van der Waals surface area contributed by atoms with E-state index >= 15 is 0 Å². The number of aromatic nitrogens is 3. The van der Waals surface area contributed by atoms with E-state index in [1.807, 2.05) is 0 Å². The minimum absolute atomic E-state index is 0.0878. The third-order valence-corrected chi connectivity index (χ3v) is 2.72. The molecule has 1 N–H and O–H groups in total. The quantitative estimate of drug-likeness (QED) is 0.847. The zero-order chi connectivity index (χ0) is 15.2. The lowest BCUT2D eigenvalue weighted by Gasteiger charge is -2.05. The van der Waals surface area contributed by atoms with Crippen LogP contribution in [0.5, 0.6) is 0 Å². The molecule has 0 aromatic carbocycles. The fourth-order valence-corrected chi connectivity index (χ4v) is 1.75. The molecular formula is C14H18N4O3. The third-order valence-electron chi connectivity index (χ3n) is 2.72. The number of amides is 1. The van der Waals surface area contributed by atoms with Gasteiger partial charge in [0.15, 0.2) is 11.3 Å². The summed E-state index contributed by atoms with van der Waals surface area (Å²) in [6, 6.07) is 2.81. The maximum atomic E-state index is 11.8. The molecule has 0 fully saturated rings. The van der Waals surface area contributed by atoms with E-state index in [2.05, 4.69) is 29.3 Å². The van der Waals surface area contributed by atoms with Crippen molar-refractivity contribution in [2.75, 3.05) is 0 Å². The van der Waals surface area contributed by atoms with Gasteiger partial charge in [-0.05, 0) is 5.92 Å². The zero-order valence-corrected chi connectivity index (χ0v) is 12.1. The van der Waals surface area contributed by atoms with E-state index in [9.17, 15) is 9.59 Å². The smallest absolute Gasteiger partial charge is 0.246 e. The molecule has 2 rings (SSSR count). The Kier molecular flexibility index (Phi) is 4.86. The summed E-state index contributed by atoms with van der Waals surface area (Å²) < 4.78 is 6.68. The van der Waals surface area contributed by atoms with Crippen LogP contribution < -0.4 is 10.7 Å². The summed E-state index contributed by atoms with van der Waals surface area (Å²) in [6.45, 7) is 4.47. The Morgan fingerprint density at radius 2 is 2.10 bits per heavy atom. The molecule has 2 heterocycles. The Morgan fingerprint density at radius 3 is 2.76 bits per heavy atom. The number of rotatable bonds is 6. The lowest BCUT2D eigenvalue weighted by Crippen LogP contribution is -2.27. The molecule has 0 saturated carbocycles. The molecule has 0 aliphatic heterocycles. The highest BCUT2D eigenvalue weighted by Crippen LogP contribution is 2.04. The van der Waals surface area contributed by atoms with Gasteiger partial charge in [-0.1, -0.05) is 19.0 Å². The SMILES string of the molecule is CC(C)Cc1noc(CNC(=O)Cn2ccc(=O)cc2)n1. The number of hydrogen-bond acceptors (Lipinski definition) is 5. The van der Waals surface area contributed by atoms with Gasteiger partial charge < -0.3 is 14.4 Å². The van der Waals surface area contributed by atoms with Gasteiger partial charge in [0.05, 0.1) is 6.54 Å². The molecule has 112 valence electrons. The average molecular weight is 290 g/mol. The van der Waals surface area contributed by atoms with Crippen LogP contribution in [-0.2, 0) is 24.3 Å². The Labute approximate surface area is 122 Å². The topological polar surface area (TPSA) is 90.0 Å². The summed E-state index contributed by atoms with van der Waals surface area (Å²) in [5.74, 6) is 1.29. The van der Waals surface area contributed by atoms with Crippen molar-refractivity contribution in [3.63, 3.8) is 0 Å². The van der Waals surface area contributed by atoms with E-state index in [0.29, 0.717) is 17.6 Å². The molecule has 7 nitrogen and oxygen atoms in total. The second kappa shape index (κ2) is 6.83. The van der Waals surface area contributed by atoms with Crippen LogP contribution in [0.2, 0.25) is 0 Å². The second-order valence-corrected chi connectivity index (χ2v) is 5.19. The normalized spacial score (nSPS) is 10.8. The highest BCUT2D eigenvalue weighted by atomic mass is 16.5. The standard InChI is InChI=1S/C14H18N4O3/c1-10(2)7-12-16-14(21-17-12)8-15-13(20)9-18-5-3-11(19)4-6-18/h3-6,10H,7-9H2,1-2H3,(H,15,20). The molecule has 2 aromatic rings. The van der Waals surface area contributed by atoms with Crippen LogP contribution in [0.25, 0.3) is 0 Å². The molecule has 0 aliphatic rings. The number of nitrogens with zero attached hydrogens (tertiary/aromatic N) is 3. The van der Waals surface area contributed by atoms with Crippen molar-refractivity contribution in [3.8, 4) is 0 Å². The van der Waals surface area contributed by atoms with Gasteiger partial charge in [-0.25, -0.2) is 0 Å². The van der Waals surface area contributed by atoms with Gasteiger partial charge in [-0.3, -0.25) is 9.59 Å². The average Bonchev–Trinajstić information content (AvgIpc) is 2.86. The van der Waals surface area contributed by atoms with Crippen LogP contribution in [-0.4, -0.2) is 20.6 Å². The van der Waals surface area contributed by atoms with E-state index in [1.54, 1.807) is 17.0 Å². The summed E-state index contributed by atoms with van der Waals surface area (Å²) in [7, 11) is 0. The fraction of sp³-hybridized carbons (Fsp3) is 0.429. The first-order valence-corrected chi connectivity index (χ1v) is 6.77. The fourth-order valence-electron chi connectivity index (χ4n) is 1.75. The van der Waals surface area contributed by atoms with E-state index in [4.69, 9.17) is 4.52 Å². The van der Waals surface area contributed by atoms with Crippen molar-refractivity contribution in [2.45, 2.75) is 33.4 Å². The number of carbonyl (C=O) groups excluding carboxylic acids is 1. The first-order valence-electron chi connectivity index (χ1n) is 6.77. The van der Waals surface area contributed by atoms with Gasteiger partial charge in [0.2, 0.25) is 11.8 Å². The predicted octanol–water partition coefficient (Wildman–Crippen LogP) is 0.746. The first kappa shape index (κ1) is 15.0. The zero-order valence-electron chi connectivity index (χ0n) is 12.1. The largest absolute Gasteiger partial charge is 0.345 e. The summed E-state index contributed by atoms with van der Waals surface area (Å²) in [4.78, 5) is 26.9. The summed E-state index contributed by atoms with van der Waals surface area (Å²) in [5.41, 5.74) is -0.0878. The van der Waals surface area contributed by atoms with Crippen LogP contribution >= 0.6 is 0 Å². The Bertz CT molecular complexity index is 640. The summed E-state index contributed by atoms with van der Waals surface area (Å²) in [5, 5.41) is 6.55. The molecule has 7 heteroatoms. The van der Waals surface area contributed by atoms with Gasteiger partial charge in [-0.2, -0.15) is 4.98 Å². The minimum Gasteiger partial charge on any atom is -0.345 e. The van der Waals surface area contributed by atoms with Crippen molar-refractivity contribution in [3.05, 3.63) is 46.5 Å². The molecule has 0 unspecified atom stereocenters. The molecule has 0 bridgehead atoms. The highest BCUT2D eigenvalue weighted by molar-refractivity contribution is 5.75. The van der Waals surface area contributed by atoms with E-state index in [0.717, 1.165) is 6.42 Å². The van der Waals surface area contributed by atoms with Crippen LogP contribution in [0.4, 0.5) is 0 Å². The summed E-state index contributed by atoms with van der Waals surface area (Å²) in [6.07, 6.45) is 3.87. The van der Waals surface area contributed by atoms with Crippen molar-refractivity contribution >= 4 is 5.91 Å². The molecular weight excluding hydrogens is 272 g/mol. The summed E-state index contributed by atoms with van der Waals surface area (Å²) >= 11 is 0. The first-order chi connectivity index (χ1) is 10.0. The highest BCUT2D eigenvalue weighted by Gasteiger charge is 2.09. The van der Waals surface area contributed by atoms with Crippen molar-refractivity contribution < 1.29 is 9.32 Å². The molecule has 0 spiro atoms. The third kappa shape index (κ3) is 4.87. The maximum absolute atomic E-state index is 11.8. The number of pyridine rings is 1. The predicted molar refractivity (Wildman–Crippen MR) is 75.4 cm³/mol. The van der Waals surface area contributed by atoms with Gasteiger partial charge in [0.25, 0.3) is 0 Å². The van der Waals surface area contributed by atoms with Crippen molar-refractivity contribution in [1.29, 1.82) is 0 Å².